The van der Waals surface area contributed by atoms with E-state index >= 15 is 0 Å². The molecule has 1 aliphatic carbocycles. The molecule has 0 spiro atoms. The van der Waals surface area contributed by atoms with Crippen LogP contribution in [0, 0.1) is 0 Å². The third kappa shape index (κ3) is 5.47. The summed E-state index contributed by atoms with van der Waals surface area (Å²) < 4.78 is 5.53. The first kappa shape index (κ1) is 21.1. The predicted molar refractivity (Wildman–Crippen MR) is 121 cm³/mol. The fraction of sp³-hybridized carbons (Fsp3) is 0.400. The largest absolute Gasteiger partial charge is 0.378 e. The molecule has 0 saturated carbocycles. The van der Waals surface area contributed by atoms with Gasteiger partial charge in [0.05, 0.1) is 19.4 Å². The molecule has 0 aromatic heterocycles. The Balaban J connectivity index is 1.89. The highest BCUT2D eigenvalue weighted by molar-refractivity contribution is 7.80. The minimum absolute atomic E-state index is 0.522. The Bertz CT molecular complexity index is 816. The Hall–Kier alpha value is -1.60. The number of morpholine rings is 1. The Morgan fingerprint density at radius 3 is 2.79 bits per heavy atom. The second kappa shape index (κ2) is 10.3. The van der Waals surface area contributed by atoms with Gasteiger partial charge in [-0.25, -0.2) is 0 Å². The molecule has 0 radical (unpaired) electrons. The Morgan fingerprint density at radius 2 is 2.07 bits per heavy atom. The van der Waals surface area contributed by atoms with Crippen molar-refractivity contribution in [1.29, 1.82) is 0 Å². The molecule has 1 aliphatic heterocycles. The van der Waals surface area contributed by atoms with E-state index in [0.29, 0.717) is 15.2 Å². The molecule has 1 heterocycles. The summed E-state index contributed by atoms with van der Waals surface area (Å²) in [5, 5.41) is 9.16. The monoisotopic (exact) mass is 438 g/mol. The van der Waals surface area contributed by atoms with Crippen molar-refractivity contribution < 1.29 is 4.74 Å². The number of nitrogens with one attached hydrogen (secondary N) is 2. The van der Waals surface area contributed by atoms with E-state index < -0.39 is 0 Å². The van der Waals surface area contributed by atoms with Crippen LogP contribution in [0.3, 0.4) is 0 Å². The van der Waals surface area contributed by atoms with Crippen LogP contribution in [0.25, 0.3) is 6.08 Å². The quantitative estimate of drug-likeness (QED) is 0.409. The van der Waals surface area contributed by atoms with Crippen molar-refractivity contribution in [2.24, 2.45) is 5.10 Å². The molecule has 0 amide bonds. The molecule has 1 saturated heterocycles. The topological polar surface area (TPSA) is 48.9 Å². The van der Waals surface area contributed by atoms with Crippen molar-refractivity contribution in [2.75, 3.05) is 32.8 Å². The summed E-state index contributed by atoms with van der Waals surface area (Å²) in [6.45, 7) is 5.94. The Labute approximate surface area is 181 Å². The van der Waals surface area contributed by atoms with Crippen LogP contribution in [0.5, 0.6) is 0 Å². The smallest absolute Gasteiger partial charge is 0.186 e. The zero-order chi connectivity index (χ0) is 19.9. The summed E-state index contributed by atoms with van der Waals surface area (Å²) in [5.74, 6) is 0. The van der Waals surface area contributed by atoms with Crippen LogP contribution >= 0.6 is 35.4 Å². The molecule has 1 aromatic rings. The third-order valence-corrected chi connectivity index (χ3v) is 5.41. The van der Waals surface area contributed by atoms with E-state index in [1.165, 1.54) is 16.8 Å². The van der Waals surface area contributed by atoms with Crippen molar-refractivity contribution in [3.63, 3.8) is 0 Å². The van der Waals surface area contributed by atoms with E-state index in [-0.39, 0.29) is 0 Å². The van der Waals surface area contributed by atoms with Crippen molar-refractivity contribution in [3.8, 4) is 0 Å². The van der Waals surface area contributed by atoms with Crippen molar-refractivity contribution >= 4 is 52.8 Å². The zero-order valence-electron chi connectivity index (χ0n) is 15.8. The van der Waals surface area contributed by atoms with E-state index in [9.17, 15) is 0 Å². The maximum Gasteiger partial charge on any atom is 0.186 e. The van der Waals surface area contributed by atoms with E-state index in [1.54, 1.807) is 6.07 Å². The van der Waals surface area contributed by atoms with Gasteiger partial charge in [-0.1, -0.05) is 29.3 Å². The number of nitrogens with zero attached hydrogens (tertiary/aromatic N) is 2. The van der Waals surface area contributed by atoms with Gasteiger partial charge in [-0.15, -0.1) is 0 Å². The second-order valence-corrected chi connectivity index (χ2v) is 7.79. The molecule has 150 valence electrons. The third-order valence-electron chi connectivity index (χ3n) is 4.62. The maximum atomic E-state index is 6.39. The molecule has 0 atom stereocenters. The number of ether oxygens (including phenoxy) is 1. The fourth-order valence-corrected chi connectivity index (χ4v) is 4.01. The number of halogens is 2. The first-order valence-electron chi connectivity index (χ1n) is 9.37. The van der Waals surface area contributed by atoms with Gasteiger partial charge in [0, 0.05) is 35.4 Å². The van der Waals surface area contributed by atoms with Crippen LogP contribution < -0.4 is 10.7 Å². The number of allylic oxidation sites excluding steroid dienone is 2. The second-order valence-electron chi connectivity index (χ2n) is 6.54. The molecule has 2 N–H and O–H groups in total. The first-order valence-corrected chi connectivity index (χ1v) is 10.5. The Kier molecular flexibility index (Phi) is 7.73. The molecule has 2 aliphatic rings. The lowest BCUT2D eigenvalue weighted by molar-refractivity contribution is 0.0548. The number of rotatable bonds is 5. The fourth-order valence-electron chi connectivity index (χ4n) is 3.35. The summed E-state index contributed by atoms with van der Waals surface area (Å²) in [6.07, 6.45) is 5.88. The predicted octanol–water partition coefficient (Wildman–Crippen LogP) is 4.23. The van der Waals surface area contributed by atoms with Crippen LogP contribution in [0.1, 0.15) is 25.3 Å². The van der Waals surface area contributed by atoms with Crippen LogP contribution in [0.15, 0.2) is 40.1 Å². The summed E-state index contributed by atoms with van der Waals surface area (Å²) in [7, 11) is 0. The SMILES string of the molecule is CCNC(=S)N/N=C\C1=C(N2CCOCC2)C(=C\c2ccc(Cl)cc2Cl)/CC1. The first-order chi connectivity index (χ1) is 13.6. The Morgan fingerprint density at radius 1 is 1.29 bits per heavy atom. The maximum absolute atomic E-state index is 6.39. The summed E-state index contributed by atoms with van der Waals surface area (Å²) in [4.78, 5) is 2.37. The standard InChI is InChI=1S/C20H24Cl2N4OS/c1-2-23-20(28)25-24-13-16-4-3-15(19(16)26-7-9-27-10-8-26)11-14-5-6-17(21)12-18(14)22/h5-6,11-13H,2-4,7-10H2,1H3,(H2,23,25,28)/b15-11-,24-13-. The van der Waals surface area contributed by atoms with Crippen LogP contribution in [-0.2, 0) is 4.74 Å². The normalized spacial score (nSPS) is 19.0. The summed E-state index contributed by atoms with van der Waals surface area (Å²) in [6, 6.07) is 5.59. The van der Waals surface area contributed by atoms with Gasteiger partial charge in [-0.05, 0) is 66.9 Å². The zero-order valence-corrected chi connectivity index (χ0v) is 18.1. The van der Waals surface area contributed by atoms with Crippen molar-refractivity contribution in [2.45, 2.75) is 19.8 Å². The molecular weight excluding hydrogens is 415 g/mol. The highest BCUT2D eigenvalue weighted by Crippen LogP contribution is 2.36. The summed E-state index contributed by atoms with van der Waals surface area (Å²) >= 11 is 17.6. The molecule has 0 bridgehead atoms. The molecular formula is C20H24Cl2N4OS. The number of hydrogen-bond donors (Lipinski definition) is 2. The van der Waals surface area contributed by atoms with Crippen molar-refractivity contribution in [3.05, 3.63) is 50.7 Å². The molecule has 5 nitrogen and oxygen atoms in total. The lowest BCUT2D eigenvalue weighted by Crippen LogP contribution is -2.36. The summed E-state index contributed by atoms with van der Waals surface area (Å²) in [5.41, 5.74) is 7.49. The van der Waals surface area contributed by atoms with Crippen molar-refractivity contribution in [1.82, 2.24) is 15.6 Å². The van der Waals surface area contributed by atoms with Crippen LogP contribution in [0.4, 0.5) is 0 Å². The minimum Gasteiger partial charge on any atom is -0.378 e. The molecule has 0 unspecified atom stereocenters. The molecule has 8 heteroatoms. The number of thiocarbonyl (C=S) groups is 1. The van der Waals surface area contributed by atoms with E-state index in [0.717, 1.165) is 51.3 Å². The van der Waals surface area contributed by atoms with Gasteiger partial charge >= 0.3 is 0 Å². The number of hydrogen-bond acceptors (Lipinski definition) is 4. The van der Waals surface area contributed by atoms with Crippen LogP contribution in [-0.4, -0.2) is 49.1 Å². The van der Waals surface area contributed by atoms with E-state index in [4.69, 9.17) is 40.2 Å². The van der Waals surface area contributed by atoms with E-state index in [1.807, 2.05) is 25.3 Å². The highest BCUT2D eigenvalue weighted by Gasteiger charge is 2.25. The van der Waals surface area contributed by atoms with Gasteiger partial charge in [0.15, 0.2) is 5.11 Å². The van der Waals surface area contributed by atoms with E-state index in [2.05, 4.69) is 26.8 Å². The minimum atomic E-state index is 0.522. The molecule has 1 aromatic carbocycles. The average Bonchev–Trinajstić information content (AvgIpc) is 3.07. The number of benzene rings is 1. The molecule has 28 heavy (non-hydrogen) atoms. The molecule has 1 fully saturated rings. The lowest BCUT2D eigenvalue weighted by atomic mass is 10.1. The molecule has 3 rings (SSSR count). The van der Waals surface area contributed by atoms with Gasteiger partial charge in [0.2, 0.25) is 0 Å². The van der Waals surface area contributed by atoms with Gasteiger partial charge in [0.1, 0.15) is 0 Å². The van der Waals surface area contributed by atoms with Crippen LogP contribution in [0.2, 0.25) is 10.0 Å². The number of hydrazone groups is 1. The highest BCUT2D eigenvalue weighted by atomic mass is 35.5. The van der Waals surface area contributed by atoms with Gasteiger partial charge in [0.25, 0.3) is 0 Å². The van der Waals surface area contributed by atoms with Gasteiger partial charge < -0.3 is 15.0 Å². The van der Waals surface area contributed by atoms with Gasteiger partial charge in [-0.3, -0.25) is 5.43 Å². The van der Waals surface area contributed by atoms with Gasteiger partial charge in [-0.2, -0.15) is 5.10 Å². The lowest BCUT2D eigenvalue weighted by Gasteiger charge is -2.31. The average molecular weight is 439 g/mol.